The normalized spacial score (nSPS) is 45.3. The molecule has 0 saturated heterocycles. The molecule has 0 aliphatic heterocycles. The number of hydrogen-bond donors (Lipinski definition) is 0. The SMILES string of the molecule is C=C1C(=O)C[C@@H]2C[C@@]3(C)CCC[C@H](C)C3=CC12. The molecule has 3 aliphatic carbocycles. The molecule has 0 N–H and O–H groups in total. The quantitative estimate of drug-likeness (QED) is 0.455. The van der Waals surface area contributed by atoms with Crippen LogP contribution in [0, 0.1) is 23.2 Å². The third kappa shape index (κ3) is 1.55. The third-order valence-electron chi connectivity index (χ3n) is 5.38. The second-order valence-corrected chi connectivity index (χ2v) is 6.62. The summed E-state index contributed by atoms with van der Waals surface area (Å²) in [4.78, 5) is 11.8. The van der Waals surface area contributed by atoms with Crippen LogP contribution in [-0.2, 0) is 4.79 Å². The van der Waals surface area contributed by atoms with Crippen LogP contribution in [-0.4, -0.2) is 5.78 Å². The third-order valence-corrected chi connectivity index (χ3v) is 5.38. The Balaban J connectivity index is 2.01. The summed E-state index contributed by atoms with van der Waals surface area (Å²) in [6.07, 6.45) is 8.36. The molecule has 0 aromatic carbocycles. The van der Waals surface area contributed by atoms with Gasteiger partial charge in [-0.1, -0.05) is 38.5 Å². The second-order valence-electron chi connectivity index (χ2n) is 6.62. The lowest BCUT2D eigenvalue weighted by molar-refractivity contribution is -0.114. The molecule has 0 amide bonds. The van der Waals surface area contributed by atoms with Gasteiger partial charge in [0, 0.05) is 12.3 Å². The van der Waals surface area contributed by atoms with Gasteiger partial charge in [0.1, 0.15) is 0 Å². The fourth-order valence-electron chi connectivity index (χ4n) is 4.45. The molecule has 0 aromatic heterocycles. The molecule has 0 bridgehead atoms. The van der Waals surface area contributed by atoms with E-state index in [2.05, 4.69) is 26.5 Å². The number of rotatable bonds is 0. The van der Waals surface area contributed by atoms with Gasteiger partial charge in [-0.3, -0.25) is 4.79 Å². The number of carbonyl (C=O) groups excluding carboxylic acids is 1. The highest BCUT2D eigenvalue weighted by molar-refractivity contribution is 5.98. The Morgan fingerprint density at radius 2 is 2.24 bits per heavy atom. The summed E-state index contributed by atoms with van der Waals surface area (Å²) in [5.74, 6) is 1.94. The van der Waals surface area contributed by atoms with Crippen LogP contribution in [0.4, 0.5) is 0 Å². The van der Waals surface area contributed by atoms with Gasteiger partial charge in [-0.15, -0.1) is 0 Å². The Labute approximate surface area is 104 Å². The fraction of sp³-hybridized carbons (Fsp3) is 0.688. The first-order chi connectivity index (χ1) is 8.01. The van der Waals surface area contributed by atoms with Crippen LogP contribution in [0.25, 0.3) is 0 Å². The van der Waals surface area contributed by atoms with Crippen molar-refractivity contribution in [2.45, 2.75) is 46.0 Å². The van der Waals surface area contributed by atoms with Crippen molar-refractivity contribution in [1.82, 2.24) is 0 Å². The van der Waals surface area contributed by atoms with Crippen LogP contribution >= 0.6 is 0 Å². The molecule has 0 aromatic rings. The van der Waals surface area contributed by atoms with Crippen molar-refractivity contribution in [3.05, 3.63) is 23.8 Å². The molecule has 17 heavy (non-hydrogen) atoms. The van der Waals surface area contributed by atoms with Gasteiger partial charge < -0.3 is 0 Å². The molecule has 1 unspecified atom stereocenters. The summed E-state index contributed by atoms with van der Waals surface area (Å²) in [5, 5.41) is 0. The number of fused-ring (bicyclic) bond motifs is 2. The second kappa shape index (κ2) is 3.57. The highest BCUT2D eigenvalue weighted by Crippen LogP contribution is 2.55. The van der Waals surface area contributed by atoms with E-state index in [9.17, 15) is 4.79 Å². The minimum atomic E-state index is 0.312. The maximum absolute atomic E-state index is 11.8. The average Bonchev–Trinajstić information content (AvgIpc) is 2.52. The van der Waals surface area contributed by atoms with Gasteiger partial charge in [-0.2, -0.15) is 0 Å². The molecule has 1 nitrogen and oxygen atoms in total. The maximum atomic E-state index is 11.8. The lowest BCUT2D eigenvalue weighted by Gasteiger charge is -2.46. The van der Waals surface area contributed by atoms with E-state index in [-0.39, 0.29) is 0 Å². The number of Topliss-reactive ketones (excluding diaryl/α,β-unsaturated/α-hetero) is 1. The minimum Gasteiger partial charge on any atom is -0.295 e. The van der Waals surface area contributed by atoms with Gasteiger partial charge in [0.05, 0.1) is 0 Å². The topological polar surface area (TPSA) is 17.1 Å². The first kappa shape index (κ1) is 11.3. The van der Waals surface area contributed by atoms with Crippen molar-refractivity contribution in [2.75, 3.05) is 0 Å². The Kier molecular flexibility index (Phi) is 2.36. The Hall–Kier alpha value is -0.850. The zero-order valence-corrected chi connectivity index (χ0v) is 11.0. The highest BCUT2D eigenvalue weighted by Gasteiger charge is 2.47. The average molecular weight is 230 g/mol. The summed E-state index contributed by atoms with van der Waals surface area (Å²) in [6, 6.07) is 0. The first-order valence-electron chi connectivity index (χ1n) is 6.95. The van der Waals surface area contributed by atoms with E-state index < -0.39 is 0 Å². The molecular formula is C16H22O. The highest BCUT2D eigenvalue weighted by atomic mass is 16.1. The van der Waals surface area contributed by atoms with Crippen LogP contribution in [0.15, 0.2) is 23.8 Å². The maximum Gasteiger partial charge on any atom is 0.159 e. The van der Waals surface area contributed by atoms with Crippen molar-refractivity contribution in [3.63, 3.8) is 0 Å². The van der Waals surface area contributed by atoms with Gasteiger partial charge in [0.15, 0.2) is 5.78 Å². The van der Waals surface area contributed by atoms with E-state index >= 15 is 0 Å². The Morgan fingerprint density at radius 3 is 3.00 bits per heavy atom. The molecule has 2 fully saturated rings. The molecule has 4 atom stereocenters. The van der Waals surface area contributed by atoms with Crippen LogP contribution in [0.5, 0.6) is 0 Å². The smallest absolute Gasteiger partial charge is 0.159 e. The zero-order valence-electron chi connectivity index (χ0n) is 11.0. The lowest BCUT2D eigenvalue weighted by Crippen LogP contribution is -2.35. The molecule has 0 radical (unpaired) electrons. The molecule has 1 heteroatoms. The largest absolute Gasteiger partial charge is 0.295 e. The predicted octanol–water partition coefficient (Wildman–Crippen LogP) is 3.90. The number of allylic oxidation sites excluding steroid dienone is 3. The van der Waals surface area contributed by atoms with Crippen LogP contribution in [0.2, 0.25) is 0 Å². The van der Waals surface area contributed by atoms with Crippen molar-refractivity contribution >= 4 is 5.78 Å². The Morgan fingerprint density at radius 1 is 1.47 bits per heavy atom. The van der Waals surface area contributed by atoms with Crippen molar-refractivity contribution in [1.29, 1.82) is 0 Å². The van der Waals surface area contributed by atoms with Crippen LogP contribution in [0.1, 0.15) is 46.0 Å². The number of carbonyl (C=O) groups is 1. The van der Waals surface area contributed by atoms with Crippen LogP contribution in [0.3, 0.4) is 0 Å². The van der Waals surface area contributed by atoms with E-state index in [1.54, 1.807) is 5.57 Å². The van der Waals surface area contributed by atoms with Gasteiger partial charge in [-0.05, 0) is 42.1 Å². The zero-order chi connectivity index (χ0) is 12.2. The van der Waals surface area contributed by atoms with Crippen molar-refractivity contribution < 1.29 is 4.79 Å². The first-order valence-corrected chi connectivity index (χ1v) is 6.95. The Bertz CT molecular complexity index is 417. The predicted molar refractivity (Wildman–Crippen MR) is 69.6 cm³/mol. The van der Waals surface area contributed by atoms with E-state index in [1.165, 1.54) is 25.7 Å². The lowest BCUT2D eigenvalue weighted by atomic mass is 9.58. The summed E-state index contributed by atoms with van der Waals surface area (Å²) in [5.41, 5.74) is 2.88. The standard InChI is InChI=1S/C16H22O/c1-10-5-4-6-16(3)9-12-7-15(17)11(2)13(12)8-14(10)16/h8,10,12-13H,2,4-7,9H2,1,3H3/t10-,12+,13?,16+/m0/s1. The van der Waals surface area contributed by atoms with Crippen molar-refractivity contribution in [2.24, 2.45) is 23.2 Å². The van der Waals surface area contributed by atoms with Gasteiger partial charge in [-0.25, -0.2) is 0 Å². The molecule has 2 saturated carbocycles. The fourth-order valence-corrected chi connectivity index (χ4v) is 4.45. The van der Waals surface area contributed by atoms with Gasteiger partial charge >= 0.3 is 0 Å². The summed E-state index contributed by atoms with van der Waals surface area (Å²) in [6.45, 7) is 8.77. The van der Waals surface area contributed by atoms with E-state index in [4.69, 9.17) is 0 Å². The number of ketones is 1. The van der Waals surface area contributed by atoms with Gasteiger partial charge in [0.25, 0.3) is 0 Å². The van der Waals surface area contributed by atoms with E-state index in [0.717, 1.165) is 12.0 Å². The van der Waals surface area contributed by atoms with Crippen molar-refractivity contribution in [3.8, 4) is 0 Å². The summed E-state index contributed by atoms with van der Waals surface area (Å²) in [7, 11) is 0. The number of hydrogen-bond acceptors (Lipinski definition) is 1. The van der Waals surface area contributed by atoms with Crippen LogP contribution < -0.4 is 0 Å². The minimum absolute atomic E-state index is 0.312. The molecule has 3 rings (SSSR count). The van der Waals surface area contributed by atoms with E-state index in [0.29, 0.717) is 29.0 Å². The van der Waals surface area contributed by atoms with E-state index in [1.807, 2.05) is 0 Å². The summed E-state index contributed by atoms with van der Waals surface area (Å²) < 4.78 is 0. The monoisotopic (exact) mass is 230 g/mol. The molecule has 92 valence electrons. The molecule has 3 aliphatic rings. The molecular weight excluding hydrogens is 208 g/mol. The molecule has 0 spiro atoms. The van der Waals surface area contributed by atoms with Gasteiger partial charge in [0.2, 0.25) is 0 Å². The summed E-state index contributed by atoms with van der Waals surface area (Å²) >= 11 is 0. The molecule has 0 heterocycles.